The molecule has 0 N–H and O–H groups in total. The molecule has 7 heteroatoms. The van der Waals surface area contributed by atoms with E-state index in [2.05, 4.69) is 31.9 Å². The molecule has 3 aliphatic carbocycles. The van der Waals surface area contributed by atoms with Crippen molar-refractivity contribution in [2.75, 3.05) is 7.11 Å². The molecule has 2 aromatic rings. The summed E-state index contributed by atoms with van der Waals surface area (Å²) in [6.07, 6.45) is 3.29. The number of ketones is 3. The van der Waals surface area contributed by atoms with Crippen LogP contribution in [0, 0.1) is 16.7 Å². The highest BCUT2D eigenvalue weighted by atomic mass is 79.9. The van der Waals surface area contributed by atoms with E-state index in [0.29, 0.717) is 31.2 Å². The third-order valence-electron chi connectivity index (χ3n) is 7.76. The first-order valence-corrected chi connectivity index (χ1v) is 13.4. The monoisotopic (exact) mass is 602 g/mol. The number of aryl methyl sites for hydroxylation is 1. The molecule has 2 aromatic carbocycles. The van der Waals surface area contributed by atoms with Crippen LogP contribution in [0.5, 0.6) is 0 Å². The summed E-state index contributed by atoms with van der Waals surface area (Å²) in [5.41, 5.74) is 1.92. The van der Waals surface area contributed by atoms with E-state index in [-0.39, 0.29) is 29.7 Å². The molecular formula is C28H28Br2O5. The molecule has 184 valence electrons. The summed E-state index contributed by atoms with van der Waals surface area (Å²) in [6.45, 7) is 3.65. The van der Waals surface area contributed by atoms with E-state index in [1.165, 1.54) is 12.7 Å². The van der Waals surface area contributed by atoms with E-state index in [0.717, 1.165) is 26.5 Å². The highest BCUT2D eigenvalue weighted by Crippen LogP contribution is 2.55. The Morgan fingerprint density at radius 1 is 1.00 bits per heavy atom. The minimum atomic E-state index is -1.21. The number of methoxy groups -OCH3 is 1. The Morgan fingerprint density at radius 2 is 1.63 bits per heavy atom. The van der Waals surface area contributed by atoms with Gasteiger partial charge in [0.15, 0.2) is 17.3 Å². The molecule has 1 saturated carbocycles. The van der Waals surface area contributed by atoms with E-state index in [1.54, 1.807) is 0 Å². The lowest BCUT2D eigenvalue weighted by Gasteiger charge is -2.44. The van der Waals surface area contributed by atoms with Gasteiger partial charge in [0.1, 0.15) is 5.41 Å². The van der Waals surface area contributed by atoms with Crippen LogP contribution < -0.4 is 0 Å². The van der Waals surface area contributed by atoms with Gasteiger partial charge in [0.05, 0.1) is 7.11 Å². The van der Waals surface area contributed by atoms with Crippen LogP contribution in [0.1, 0.15) is 71.4 Å². The number of esters is 1. The number of fused-ring (bicyclic) bond motifs is 2. The van der Waals surface area contributed by atoms with Crippen LogP contribution in [0.15, 0.2) is 45.3 Å². The first-order valence-electron chi connectivity index (χ1n) is 11.8. The minimum absolute atomic E-state index is 0.0554. The van der Waals surface area contributed by atoms with Crippen LogP contribution in [-0.4, -0.2) is 30.4 Å². The fourth-order valence-electron chi connectivity index (χ4n) is 6.06. The third-order valence-corrected chi connectivity index (χ3v) is 8.74. The molecule has 5 rings (SSSR count). The average molecular weight is 604 g/mol. The first kappa shape index (κ1) is 26.0. The summed E-state index contributed by atoms with van der Waals surface area (Å²) in [5.74, 6) is -0.598. The molecule has 0 aliphatic heterocycles. The molecule has 3 atom stereocenters. The van der Waals surface area contributed by atoms with E-state index in [1.807, 2.05) is 50.2 Å². The average Bonchev–Trinajstić information content (AvgIpc) is 3.33. The zero-order chi connectivity index (χ0) is 25.5. The Hall–Kier alpha value is -2.12. The van der Waals surface area contributed by atoms with Gasteiger partial charge in [-0.1, -0.05) is 57.8 Å². The lowest BCUT2D eigenvalue weighted by molar-refractivity contribution is -0.165. The molecule has 0 amide bonds. The van der Waals surface area contributed by atoms with Crippen molar-refractivity contribution in [2.45, 2.75) is 52.4 Å². The van der Waals surface area contributed by atoms with Gasteiger partial charge in [-0.15, -0.1) is 0 Å². The lowest BCUT2D eigenvalue weighted by atomic mass is 9.56. The first-order chi connectivity index (χ1) is 16.6. The second kappa shape index (κ2) is 9.74. The van der Waals surface area contributed by atoms with Crippen molar-refractivity contribution in [1.29, 1.82) is 0 Å². The quantitative estimate of drug-likeness (QED) is 0.296. The summed E-state index contributed by atoms with van der Waals surface area (Å²) in [7, 11) is 1.31. The second-order valence-corrected chi connectivity index (χ2v) is 11.7. The maximum atomic E-state index is 13.2. The van der Waals surface area contributed by atoms with Crippen LogP contribution in [0.2, 0.25) is 0 Å². The predicted octanol–water partition coefficient (Wildman–Crippen LogP) is 6.32. The lowest BCUT2D eigenvalue weighted by Crippen LogP contribution is -2.53. The molecule has 3 unspecified atom stereocenters. The van der Waals surface area contributed by atoms with Gasteiger partial charge in [-0.2, -0.15) is 0 Å². The number of carbonyl (C=O) groups excluding carboxylic acids is 4. The molecule has 1 spiro atoms. The van der Waals surface area contributed by atoms with Gasteiger partial charge >= 0.3 is 5.97 Å². The molecule has 0 saturated heterocycles. The van der Waals surface area contributed by atoms with E-state index >= 15 is 0 Å². The number of hydrogen-bond donors (Lipinski definition) is 0. The molecule has 0 heterocycles. The summed E-state index contributed by atoms with van der Waals surface area (Å²) in [4.78, 5) is 49.7. The molecule has 1 fully saturated rings. The Labute approximate surface area is 222 Å². The van der Waals surface area contributed by atoms with Crippen molar-refractivity contribution in [3.8, 4) is 0 Å². The van der Waals surface area contributed by atoms with Gasteiger partial charge in [-0.25, -0.2) is 0 Å². The molecule has 35 heavy (non-hydrogen) atoms. The number of halogens is 2. The molecular weight excluding hydrogens is 576 g/mol. The Balaban J connectivity index is 0.000000218. The topological polar surface area (TPSA) is 77.5 Å². The van der Waals surface area contributed by atoms with Crippen LogP contribution in [0.25, 0.3) is 0 Å². The van der Waals surface area contributed by atoms with Gasteiger partial charge in [-0.3, -0.25) is 19.2 Å². The highest BCUT2D eigenvalue weighted by molar-refractivity contribution is 9.10. The van der Waals surface area contributed by atoms with Gasteiger partial charge in [0, 0.05) is 37.8 Å². The SMILES string of the molecule is CCC1(C(=O)OC)CC2(Cc3ccc(Br)cc3C2=O)CC(C)C1=O.O=C1CCc2ccc(Br)cc21. The number of benzene rings is 2. The Bertz CT molecular complexity index is 1240. The zero-order valence-corrected chi connectivity index (χ0v) is 23.3. The summed E-state index contributed by atoms with van der Waals surface area (Å²) in [5, 5.41) is 0. The molecule has 0 bridgehead atoms. The van der Waals surface area contributed by atoms with Crippen molar-refractivity contribution in [3.63, 3.8) is 0 Å². The van der Waals surface area contributed by atoms with Crippen LogP contribution in [0.4, 0.5) is 0 Å². The fraction of sp³-hybridized carbons (Fsp3) is 0.429. The number of rotatable bonds is 2. The summed E-state index contributed by atoms with van der Waals surface area (Å²) < 4.78 is 6.81. The summed E-state index contributed by atoms with van der Waals surface area (Å²) >= 11 is 6.76. The standard InChI is InChI=1S/C19H21BrO4.C9H7BrO/c1-4-19(17(23)24-3)10-18(8-11(2)15(19)21)9-12-5-6-13(20)7-14(12)16(18)22;10-7-3-1-6-2-4-9(11)8(6)5-7/h5-7,11H,4,8-10H2,1-3H3;1,3,5H,2,4H2. The third kappa shape index (κ3) is 4.46. The van der Waals surface area contributed by atoms with Gasteiger partial charge in [0.25, 0.3) is 0 Å². The zero-order valence-electron chi connectivity index (χ0n) is 20.1. The fourth-order valence-corrected chi connectivity index (χ4v) is 6.78. The smallest absolute Gasteiger partial charge is 0.319 e. The minimum Gasteiger partial charge on any atom is -0.468 e. The predicted molar refractivity (Wildman–Crippen MR) is 140 cm³/mol. The van der Waals surface area contributed by atoms with Crippen molar-refractivity contribution >= 4 is 55.2 Å². The van der Waals surface area contributed by atoms with E-state index in [9.17, 15) is 19.2 Å². The Morgan fingerprint density at radius 3 is 2.26 bits per heavy atom. The van der Waals surface area contributed by atoms with E-state index < -0.39 is 16.8 Å². The van der Waals surface area contributed by atoms with Crippen molar-refractivity contribution in [2.24, 2.45) is 16.7 Å². The van der Waals surface area contributed by atoms with Crippen molar-refractivity contribution in [1.82, 2.24) is 0 Å². The number of ether oxygens (including phenoxy) is 1. The van der Waals surface area contributed by atoms with Gasteiger partial charge in [0.2, 0.25) is 0 Å². The van der Waals surface area contributed by atoms with Crippen molar-refractivity contribution in [3.05, 3.63) is 67.6 Å². The van der Waals surface area contributed by atoms with Gasteiger partial charge in [-0.05, 0) is 67.5 Å². The number of carbonyl (C=O) groups is 4. The number of Topliss-reactive ketones (excluding diaryl/α,β-unsaturated/α-hetero) is 3. The van der Waals surface area contributed by atoms with E-state index in [4.69, 9.17) is 4.74 Å². The van der Waals surface area contributed by atoms with Crippen molar-refractivity contribution < 1.29 is 23.9 Å². The summed E-state index contributed by atoms with van der Waals surface area (Å²) in [6, 6.07) is 11.6. The Kier molecular flexibility index (Phi) is 7.22. The largest absolute Gasteiger partial charge is 0.468 e. The van der Waals surface area contributed by atoms with Gasteiger partial charge < -0.3 is 4.74 Å². The van der Waals surface area contributed by atoms with Crippen LogP contribution >= 0.6 is 31.9 Å². The molecule has 5 nitrogen and oxygen atoms in total. The maximum Gasteiger partial charge on any atom is 0.319 e. The second-order valence-electron chi connectivity index (χ2n) is 9.89. The molecule has 0 aromatic heterocycles. The van der Waals surface area contributed by atoms with Crippen LogP contribution in [0.3, 0.4) is 0 Å². The number of hydrogen-bond acceptors (Lipinski definition) is 5. The molecule has 3 aliphatic rings. The highest BCUT2D eigenvalue weighted by Gasteiger charge is 2.61. The normalized spacial score (nSPS) is 26.8. The maximum absolute atomic E-state index is 13.2. The van der Waals surface area contributed by atoms with Crippen LogP contribution in [-0.2, 0) is 27.2 Å². The molecule has 0 radical (unpaired) electrons.